The highest BCUT2D eigenvalue weighted by atomic mass is 15.0. The summed E-state index contributed by atoms with van der Waals surface area (Å²) in [5, 5.41) is 3.54. The number of nitrogens with zero attached hydrogens (tertiary/aromatic N) is 2. The van der Waals surface area contributed by atoms with Gasteiger partial charge in [-0.25, -0.2) is 9.97 Å². The molecule has 1 N–H and O–H groups in total. The Balaban J connectivity index is 1.99. The highest BCUT2D eigenvalue weighted by molar-refractivity contribution is 5.38. The molecule has 2 rings (SSSR count). The lowest BCUT2D eigenvalue weighted by molar-refractivity contribution is 0.253. The summed E-state index contributed by atoms with van der Waals surface area (Å²) in [4.78, 5) is 8.04. The Bertz CT molecular complexity index is 299. The number of nitrogens with one attached hydrogen (secondary N) is 1. The average Bonchev–Trinajstić information content (AvgIpc) is 2.26. The normalized spacial score (nSPS) is 31.2. The van der Waals surface area contributed by atoms with Crippen LogP contribution in [0.4, 0.5) is 5.69 Å². The molecule has 1 aliphatic rings. The highest BCUT2D eigenvalue weighted by Gasteiger charge is 2.26. The van der Waals surface area contributed by atoms with E-state index in [2.05, 4.69) is 29.1 Å². The van der Waals surface area contributed by atoms with E-state index in [1.807, 2.05) is 12.4 Å². The van der Waals surface area contributed by atoms with Gasteiger partial charge in [0.1, 0.15) is 6.33 Å². The molecule has 1 heterocycles. The molecule has 0 spiro atoms. The molecule has 0 aromatic carbocycles. The minimum atomic E-state index is 0.583. The Morgan fingerprint density at radius 1 is 1.20 bits per heavy atom. The Hall–Kier alpha value is -1.12. The van der Waals surface area contributed by atoms with Crippen LogP contribution in [0.3, 0.4) is 0 Å². The van der Waals surface area contributed by atoms with Gasteiger partial charge in [0.05, 0.1) is 18.1 Å². The Morgan fingerprint density at radius 2 is 1.93 bits per heavy atom. The van der Waals surface area contributed by atoms with E-state index in [4.69, 9.17) is 0 Å². The Labute approximate surface area is 91.3 Å². The van der Waals surface area contributed by atoms with Gasteiger partial charge in [0.15, 0.2) is 0 Å². The maximum Gasteiger partial charge on any atom is 0.115 e. The van der Waals surface area contributed by atoms with E-state index in [0.29, 0.717) is 6.04 Å². The fourth-order valence-electron chi connectivity index (χ4n) is 2.37. The van der Waals surface area contributed by atoms with Crippen LogP contribution in [0.25, 0.3) is 0 Å². The van der Waals surface area contributed by atoms with Crippen molar-refractivity contribution in [2.24, 2.45) is 11.8 Å². The fraction of sp³-hybridized carbons (Fsp3) is 0.667. The number of hydrogen-bond donors (Lipinski definition) is 1. The van der Waals surface area contributed by atoms with Crippen LogP contribution in [-0.4, -0.2) is 16.0 Å². The molecular formula is C12H19N3. The van der Waals surface area contributed by atoms with Crippen LogP contribution in [-0.2, 0) is 0 Å². The highest BCUT2D eigenvalue weighted by Crippen LogP contribution is 2.31. The molecule has 0 bridgehead atoms. The number of aromatic nitrogens is 2. The van der Waals surface area contributed by atoms with Crippen LogP contribution in [0.15, 0.2) is 18.7 Å². The minimum Gasteiger partial charge on any atom is -0.380 e. The van der Waals surface area contributed by atoms with Crippen molar-refractivity contribution in [3.63, 3.8) is 0 Å². The third-order valence-electron chi connectivity index (χ3n) is 3.62. The lowest BCUT2D eigenvalue weighted by Gasteiger charge is -2.35. The Kier molecular flexibility index (Phi) is 3.19. The van der Waals surface area contributed by atoms with E-state index in [-0.39, 0.29) is 0 Å². The van der Waals surface area contributed by atoms with Gasteiger partial charge in [0.2, 0.25) is 0 Å². The summed E-state index contributed by atoms with van der Waals surface area (Å²) in [6, 6.07) is 0.583. The third kappa shape index (κ3) is 2.46. The molecule has 3 unspecified atom stereocenters. The lowest BCUT2D eigenvalue weighted by Crippen LogP contribution is -2.35. The first-order valence-electron chi connectivity index (χ1n) is 5.79. The van der Waals surface area contributed by atoms with Crippen LogP contribution in [0.1, 0.15) is 33.1 Å². The van der Waals surface area contributed by atoms with Gasteiger partial charge in [-0.2, -0.15) is 0 Å². The predicted molar refractivity (Wildman–Crippen MR) is 61.6 cm³/mol. The van der Waals surface area contributed by atoms with Crippen LogP contribution in [0, 0.1) is 11.8 Å². The summed E-state index contributed by atoms with van der Waals surface area (Å²) in [5.74, 6) is 1.56. The monoisotopic (exact) mass is 205 g/mol. The fourth-order valence-corrected chi connectivity index (χ4v) is 2.37. The van der Waals surface area contributed by atoms with E-state index >= 15 is 0 Å². The van der Waals surface area contributed by atoms with Crippen molar-refractivity contribution in [2.45, 2.75) is 39.2 Å². The first-order valence-corrected chi connectivity index (χ1v) is 5.79. The Morgan fingerprint density at radius 3 is 2.67 bits per heavy atom. The largest absolute Gasteiger partial charge is 0.380 e. The van der Waals surface area contributed by atoms with E-state index in [0.717, 1.165) is 17.5 Å². The van der Waals surface area contributed by atoms with Crippen LogP contribution >= 0.6 is 0 Å². The summed E-state index contributed by atoms with van der Waals surface area (Å²) < 4.78 is 0. The minimum absolute atomic E-state index is 0.583. The smallest absolute Gasteiger partial charge is 0.115 e. The molecule has 1 fully saturated rings. The van der Waals surface area contributed by atoms with E-state index in [1.165, 1.54) is 19.3 Å². The molecule has 3 heteroatoms. The zero-order chi connectivity index (χ0) is 10.7. The summed E-state index contributed by atoms with van der Waals surface area (Å²) >= 11 is 0. The van der Waals surface area contributed by atoms with Gasteiger partial charge in [0, 0.05) is 6.04 Å². The average molecular weight is 205 g/mol. The number of rotatable bonds is 2. The molecule has 82 valence electrons. The van der Waals surface area contributed by atoms with Crippen molar-refractivity contribution in [3.05, 3.63) is 18.7 Å². The van der Waals surface area contributed by atoms with Crippen LogP contribution < -0.4 is 5.32 Å². The molecule has 0 amide bonds. The zero-order valence-corrected chi connectivity index (χ0v) is 9.48. The summed E-state index contributed by atoms with van der Waals surface area (Å²) in [6.07, 6.45) is 9.22. The van der Waals surface area contributed by atoms with Gasteiger partial charge in [-0.05, 0) is 18.3 Å². The molecule has 0 saturated heterocycles. The first kappa shape index (κ1) is 10.4. The summed E-state index contributed by atoms with van der Waals surface area (Å²) in [5.41, 5.74) is 1.04. The second-order valence-corrected chi connectivity index (χ2v) is 4.65. The van der Waals surface area contributed by atoms with Crippen LogP contribution in [0.2, 0.25) is 0 Å². The van der Waals surface area contributed by atoms with Crippen molar-refractivity contribution in [2.75, 3.05) is 5.32 Å². The number of anilines is 1. The number of hydrogen-bond acceptors (Lipinski definition) is 3. The topological polar surface area (TPSA) is 37.8 Å². The second-order valence-electron chi connectivity index (χ2n) is 4.65. The van der Waals surface area contributed by atoms with Gasteiger partial charge in [-0.15, -0.1) is 0 Å². The first-order chi connectivity index (χ1) is 7.27. The van der Waals surface area contributed by atoms with Gasteiger partial charge in [0.25, 0.3) is 0 Å². The molecule has 15 heavy (non-hydrogen) atoms. The van der Waals surface area contributed by atoms with Gasteiger partial charge in [-0.3, -0.25) is 0 Å². The maximum absolute atomic E-state index is 4.02. The predicted octanol–water partition coefficient (Wildman–Crippen LogP) is 2.71. The molecule has 3 nitrogen and oxygen atoms in total. The van der Waals surface area contributed by atoms with E-state index in [1.54, 1.807) is 6.33 Å². The molecule has 1 aromatic rings. The van der Waals surface area contributed by atoms with Crippen molar-refractivity contribution in [1.29, 1.82) is 0 Å². The maximum atomic E-state index is 4.02. The molecular weight excluding hydrogens is 186 g/mol. The van der Waals surface area contributed by atoms with Crippen molar-refractivity contribution in [3.8, 4) is 0 Å². The third-order valence-corrected chi connectivity index (χ3v) is 3.62. The summed E-state index contributed by atoms with van der Waals surface area (Å²) in [7, 11) is 0. The second kappa shape index (κ2) is 4.60. The van der Waals surface area contributed by atoms with Gasteiger partial charge in [-0.1, -0.05) is 26.7 Å². The zero-order valence-electron chi connectivity index (χ0n) is 9.48. The lowest BCUT2D eigenvalue weighted by atomic mass is 9.78. The molecule has 0 aliphatic heterocycles. The molecule has 1 aliphatic carbocycles. The molecule has 0 radical (unpaired) electrons. The summed E-state index contributed by atoms with van der Waals surface area (Å²) in [6.45, 7) is 4.69. The standard InChI is InChI=1S/C12H19N3/c1-9-4-3-5-12(10(9)2)15-11-6-13-8-14-7-11/h6-10,12,15H,3-5H2,1-2H3. The van der Waals surface area contributed by atoms with Crippen LogP contribution in [0.5, 0.6) is 0 Å². The quantitative estimate of drug-likeness (QED) is 0.806. The van der Waals surface area contributed by atoms with Gasteiger partial charge >= 0.3 is 0 Å². The van der Waals surface area contributed by atoms with Crippen molar-refractivity contribution >= 4 is 5.69 Å². The molecule has 3 atom stereocenters. The molecule has 1 saturated carbocycles. The van der Waals surface area contributed by atoms with Crippen molar-refractivity contribution in [1.82, 2.24) is 9.97 Å². The van der Waals surface area contributed by atoms with E-state index in [9.17, 15) is 0 Å². The van der Waals surface area contributed by atoms with E-state index < -0.39 is 0 Å². The van der Waals surface area contributed by atoms with Gasteiger partial charge < -0.3 is 5.32 Å². The SMILES string of the molecule is CC1CCCC(Nc2cncnc2)C1C. The molecule has 1 aromatic heterocycles. The van der Waals surface area contributed by atoms with Crippen molar-refractivity contribution < 1.29 is 0 Å².